The van der Waals surface area contributed by atoms with Gasteiger partial charge >= 0.3 is 0 Å². The predicted octanol–water partition coefficient (Wildman–Crippen LogP) is 1.49. The van der Waals surface area contributed by atoms with Crippen LogP contribution in [0.2, 0.25) is 0 Å². The summed E-state index contributed by atoms with van der Waals surface area (Å²) in [5.41, 5.74) is 2.77. The molecule has 0 unspecified atom stereocenters. The van der Waals surface area contributed by atoms with Crippen LogP contribution in [0.15, 0.2) is 34.9 Å². The molecular formula is C17H22N4O2. The molecule has 3 rings (SSSR count). The van der Waals surface area contributed by atoms with Crippen molar-refractivity contribution in [2.24, 2.45) is 0 Å². The third-order valence-electron chi connectivity index (χ3n) is 4.16. The number of rotatable bonds is 4. The summed E-state index contributed by atoms with van der Waals surface area (Å²) in [6, 6.07) is 10.0. The number of hydrogen-bond donors (Lipinski definition) is 2. The molecule has 2 N–H and O–H groups in total. The number of hydrogen-bond acceptors (Lipinski definition) is 5. The van der Waals surface area contributed by atoms with E-state index in [1.54, 1.807) is 7.05 Å². The van der Waals surface area contributed by atoms with Gasteiger partial charge in [0.1, 0.15) is 5.76 Å². The highest BCUT2D eigenvalue weighted by Crippen LogP contribution is 2.25. The Bertz CT molecular complexity index is 683. The van der Waals surface area contributed by atoms with Gasteiger partial charge < -0.3 is 15.2 Å². The number of nitrogens with one attached hydrogen (secondary N) is 2. The molecule has 0 saturated carbocycles. The minimum absolute atomic E-state index is 0.0608. The van der Waals surface area contributed by atoms with Crippen LogP contribution in [0.5, 0.6) is 0 Å². The zero-order valence-corrected chi connectivity index (χ0v) is 13.5. The van der Waals surface area contributed by atoms with Gasteiger partial charge in [0.15, 0.2) is 0 Å². The fourth-order valence-electron chi connectivity index (χ4n) is 3.00. The normalized spacial score (nSPS) is 18.8. The summed E-state index contributed by atoms with van der Waals surface area (Å²) in [4.78, 5) is 14.2. The van der Waals surface area contributed by atoms with Crippen molar-refractivity contribution in [2.75, 3.05) is 26.7 Å². The summed E-state index contributed by atoms with van der Waals surface area (Å²) in [7, 11) is 1.65. The first-order valence-electron chi connectivity index (χ1n) is 7.86. The Hall–Kier alpha value is -2.18. The molecule has 23 heavy (non-hydrogen) atoms. The van der Waals surface area contributed by atoms with Crippen molar-refractivity contribution in [2.45, 2.75) is 19.5 Å². The molecule has 1 aliphatic rings. The van der Waals surface area contributed by atoms with Crippen molar-refractivity contribution >= 4 is 5.91 Å². The van der Waals surface area contributed by atoms with E-state index in [1.807, 2.05) is 31.2 Å². The van der Waals surface area contributed by atoms with E-state index in [2.05, 4.69) is 26.8 Å². The number of carbonyl (C=O) groups excluding carboxylic acids is 1. The molecule has 122 valence electrons. The molecular weight excluding hydrogens is 292 g/mol. The second kappa shape index (κ2) is 6.93. The molecule has 0 bridgehead atoms. The van der Waals surface area contributed by atoms with Gasteiger partial charge in [0.05, 0.1) is 5.69 Å². The highest BCUT2D eigenvalue weighted by Gasteiger charge is 2.25. The number of aryl methyl sites for hydroxylation is 1. The number of aromatic nitrogens is 1. The van der Waals surface area contributed by atoms with Crippen molar-refractivity contribution < 1.29 is 9.32 Å². The summed E-state index contributed by atoms with van der Waals surface area (Å²) in [5.74, 6) is 0.766. The fraction of sp³-hybridized carbons (Fsp3) is 0.412. The Morgan fingerprint density at radius 2 is 2.35 bits per heavy atom. The quantitative estimate of drug-likeness (QED) is 0.895. The maximum absolute atomic E-state index is 11.9. The second-order valence-electron chi connectivity index (χ2n) is 5.82. The molecule has 1 aromatic heterocycles. The van der Waals surface area contributed by atoms with Crippen LogP contribution >= 0.6 is 0 Å². The lowest BCUT2D eigenvalue weighted by Crippen LogP contribution is -2.45. The first-order valence-corrected chi connectivity index (χ1v) is 7.86. The maximum Gasteiger partial charge on any atom is 0.251 e. The Balaban J connectivity index is 1.82. The monoisotopic (exact) mass is 314 g/mol. The van der Waals surface area contributed by atoms with E-state index >= 15 is 0 Å². The first kappa shape index (κ1) is 15.7. The van der Waals surface area contributed by atoms with E-state index in [0.29, 0.717) is 5.56 Å². The van der Waals surface area contributed by atoms with Gasteiger partial charge in [-0.2, -0.15) is 0 Å². The topological polar surface area (TPSA) is 70.4 Å². The molecule has 1 fully saturated rings. The highest BCUT2D eigenvalue weighted by molar-refractivity contribution is 5.94. The van der Waals surface area contributed by atoms with Crippen LogP contribution in [-0.4, -0.2) is 42.6 Å². The molecule has 1 aliphatic heterocycles. The Morgan fingerprint density at radius 3 is 3.09 bits per heavy atom. The Kier molecular flexibility index (Phi) is 4.73. The fourth-order valence-corrected chi connectivity index (χ4v) is 3.00. The standard InChI is InChI=1S/C17H22N4O2/c1-12-8-15(20-23-12)11-21-7-6-19-10-16(21)13-4-3-5-14(9-13)17(22)18-2/h3-5,8-9,16,19H,6-7,10-11H2,1-2H3,(H,18,22)/t16-/m0/s1. The van der Waals surface area contributed by atoms with Crippen LogP contribution < -0.4 is 10.6 Å². The van der Waals surface area contributed by atoms with E-state index in [0.717, 1.165) is 43.2 Å². The van der Waals surface area contributed by atoms with Crippen LogP contribution in [0.1, 0.15) is 33.4 Å². The zero-order chi connectivity index (χ0) is 16.2. The number of nitrogens with zero attached hydrogens (tertiary/aromatic N) is 2. The van der Waals surface area contributed by atoms with Gasteiger partial charge in [0.25, 0.3) is 5.91 Å². The van der Waals surface area contributed by atoms with Crippen LogP contribution in [-0.2, 0) is 6.54 Å². The number of piperazine rings is 1. The van der Waals surface area contributed by atoms with Crippen molar-refractivity contribution in [1.82, 2.24) is 20.7 Å². The van der Waals surface area contributed by atoms with E-state index < -0.39 is 0 Å². The molecule has 1 saturated heterocycles. The van der Waals surface area contributed by atoms with E-state index in [-0.39, 0.29) is 11.9 Å². The lowest BCUT2D eigenvalue weighted by Gasteiger charge is -2.36. The van der Waals surface area contributed by atoms with Gasteiger partial charge in [0, 0.05) is 50.9 Å². The summed E-state index contributed by atoms with van der Waals surface area (Å²) < 4.78 is 5.17. The molecule has 2 heterocycles. The average Bonchev–Trinajstić information content (AvgIpc) is 2.99. The minimum atomic E-state index is -0.0608. The summed E-state index contributed by atoms with van der Waals surface area (Å²) >= 11 is 0. The third-order valence-corrected chi connectivity index (χ3v) is 4.16. The van der Waals surface area contributed by atoms with Crippen LogP contribution in [0.3, 0.4) is 0 Å². The molecule has 6 nitrogen and oxygen atoms in total. The highest BCUT2D eigenvalue weighted by atomic mass is 16.5. The van der Waals surface area contributed by atoms with Gasteiger partial charge in [-0.15, -0.1) is 0 Å². The molecule has 0 radical (unpaired) electrons. The van der Waals surface area contributed by atoms with Gasteiger partial charge in [-0.1, -0.05) is 17.3 Å². The molecule has 1 atom stereocenters. The second-order valence-corrected chi connectivity index (χ2v) is 5.82. The van der Waals surface area contributed by atoms with Gasteiger partial charge in [-0.3, -0.25) is 9.69 Å². The lowest BCUT2D eigenvalue weighted by molar-refractivity contribution is 0.0962. The van der Waals surface area contributed by atoms with Crippen molar-refractivity contribution in [3.05, 3.63) is 52.9 Å². The largest absolute Gasteiger partial charge is 0.361 e. The molecule has 0 spiro atoms. The molecule has 0 aliphatic carbocycles. The Labute approximate surface area is 135 Å². The molecule has 2 aromatic rings. The Morgan fingerprint density at radius 1 is 1.48 bits per heavy atom. The number of amides is 1. The van der Waals surface area contributed by atoms with Gasteiger partial charge in [-0.25, -0.2) is 0 Å². The molecule has 1 amide bonds. The summed E-state index contributed by atoms with van der Waals surface area (Å²) in [5, 5.41) is 10.2. The first-order chi connectivity index (χ1) is 11.2. The predicted molar refractivity (Wildman–Crippen MR) is 87.1 cm³/mol. The van der Waals surface area contributed by atoms with E-state index in [4.69, 9.17) is 4.52 Å². The molecule has 1 aromatic carbocycles. The van der Waals surface area contributed by atoms with E-state index in [1.165, 1.54) is 0 Å². The zero-order valence-electron chi connectivity index (χ0n) is 13.5. The van der Waals surface area contributed by atoms with Crippen molar-refractivity contribution in [1.29, 1.82) is 0 Å². The minimum Gasteiger partial charge on any atom is -0.361 e. The van der Waals surface area contributed by atoms with Crippen molar-refractivity contribution in [3.8, 4) is 0 Å². The number of carbonyl (C=O) groups is 1. The van der Waals surface area contributed by atoms with Crippen LogP contribution in [0, 0.1) is 6.92 Å². The summed E-state index contributed by atoms with van der Waals surface area (Å²) in [6.45, 7) is 5.38. The number of benzene rings is 1. The van der Waals surface area contributed by atoms with Crippen LogP contribution in [0.4, 0.5) is 0 Å². The molecule has 6 heteroatoms. The van der Waals surface area contributed by atoms with Gasteiger partial charge in [-0.05, 0) is 24.6 Å². The van der Waals surface area contributed by atoms with Crippen LogP contribution in [0.25, 0.3) is 0 Å². The SMILES string of the molecule is CNC(=O)c1cccc([C@@H]2CNCCN2Cc2cc(C)on2)c1. The van der Waals surface area contributed by atoms with Gasteiger partial charge in [0.2, 0.25) is 0 Å². The smallest absolute Gasteiger partial charge is 0.251 e. The third kappa shape index (κ3) is 3.60. The van der Waals surface area contributed by atoms with Crippen molar-refractivity contribution in [3.63, 3.8) is 0 Å². The van der Waals surface area contributed by atoms with E-state index in [9.17, 15) is 4.79 Å². The summed E-state index contributed by atoms with van der Waals surface area (Å²) in [6.07, 6.45) is 0. The lowest BCUT2D eigenvalue weighted by atomic mass is 10.0. The maximum atomic E-state index is 11.9. The average molecular weight is 314 g/mol.